The maximum absolute atomic E-state index is 8.87. The largest absolute Gasteiger partial charge is 0.492 e. The third-order valence-electron chi connectivity index (χ3n) is 2.66. The lowest BCUT2D eigenvalue weighted by molar-refractivity contribution is 0.332. The zero-order valence-corrected chi connectivity index (χ0v) is 11.8. The fraction of sp³-hybridized carbons (Fsp3) is 0.200. The average molecular weight is 288 g/mol. The fourth-order valence-corrected chi connectivity index (χ4v) is 1.92. The second kappa shape index (κ2) is 6.78. The Bertz CT molecular complexity index is 637. The molecule has 0 amide bonds. The molecule has 1 aromatic carbocycles. The lowest BCUT2D eigenvalue weighted by Gasteiger charge is -2.09. The number of anilines is 1. The van der Waals surface area contributed by atoms with Crippen LogP contribution in [0.5, 0.6) is 5.75 Å². The molecule has 0 saturated heterocycles. The van der Waals surface area contributed by atoms with Crippen molar-refractivity contribution in [3.63, 3.8) is 0 Å². The number of pyridine rings is 1. The smallest absolute Gasteiger partial charge is 0.146 e. The van der Waals surface area contributed by atoms with E-state index in [4.69, 9.17) is 21.6 Å². The van der Waals surface area contributed by atoms with Crippen molar-refractivity contribution in [1.82, 2.24) is 4.98 Å². The molecular formula is C15H14ClN3O. The van der Waals surface area contributed by atoms with Crippen LogP contribution >= 0.6 is 11.6 Å². The Morgan fingerprint density at radius 1 is 1.40 bits per heavy atom. The molecular weight excluding hydrogens is 274 g/mol. The molecule has 20 heavy (non-hydrogen) atoms. The van der Waals surface area contributed by atoms with Gasteiger partial charge in [-0.2, -0.15) is 5.26 Å². The minimum Gasteiger partial charge on any atom is -0.492 e. The highest BCUT2D eigenvalue weighted by molar-refractivity contribution is 6.34. The van der Waals surface area contributed by atoms with E-state index < -0.39 is 0 Å². The molecule has 2 aromatic rings. The van der Waals surface area contributed by atoms with Gasteiger partial charge in [0.05, 0.1) is 12.1 Å². The zero-order valence-electron chi connectivity index (χ0n) is 11.1. The van der Waals surface area contributed by atoms with Crippen LogP contribution in [0, 0.1) is 18.3 Å². The van der Waals surface area contributed by atoms with Crippen molar-refractivity contribution in [3.8, 4) is 11.8 Å². The summed E-state index contributed by atoms with van der Waals surface area (Å²) in [4.78, 5) is 4.10. The van der Waals surface area contributed by atoms with Gasteiger partial charge in [0.1, 0.15) is 29.3 Å². The molecule has 0 spiro atoms. The summed E-state index contributed by atoms with van der Waals surface area (Å²) in [6.07, 6.45) is 1.55. The van der Waals surface area contributed by atoms with Crippen molar-refractivity contribution in [1.29, 1.82) is 5.26 Å². The van der Waals surface area contributed by atoms with Crippen LogP contribution < -0.4 is 10.1 Å². The first-order valence-electron chi connectivity index (χ1n) is 6.18. The predicted molar refractivity (Wildman–Crippen MR) is 79.1 cm³/mol. The highest BCUT2D eigenvalue weighted by Crippen LogP contribution is 2.22. The normalized spacial score (nSPS) is 9.85. The second-order valence-electron chi connectivity index (χ2n) is 4.22. The van der Waals surface area contributed by atoms with Gasteiger partial charge in [0.15, 0.2) is 0 Å². The molecule has 4 nitrogen and oxygen atoms in total. The van der Waals surface area contributed by atoms with E-state index in [1.54, 1.807) is 12.3 Å². The number of nitrogens with zero attached hydrogens (tertiary/aromatic N) is 2. The van der Waals surface area contributed by atoms with Crippen LogP contribution in [0.2, 0.25) is 5.02 Å². The minimum absolute atomic E-state index is 0.338. The molecule has 5 heteroatoms. The number of aromatic nitrogens is 1. The molecule has 0 aliphatic carbocycles. The van der Waals surface area contributed by atoms with Crippen molar-refractivity contribution in [2.45, 2.75) is 6.92 Å². The van der Waals surface area contributed by atoms with Crippen molar-refractivity contribution in [3.05, 3.63) is 52.7 Å². The second-order valence-corrected chi connectivity index (χ2v) is 4.60. The van der Waals surface area contributed by atoms with Gasteiger partial charge in [-0.05, 0) is 30.7 Å². The lowest BCUT2D eigenvalue weighted by Crippen LogP contribution is -2.12. The molecule has 0 radical (unpaired) electrons. The summed E-state index contributed by atoms with van der Waals surface area (Å²) >= 11 is 6.04. The third-order valence-corrected chi connectivity index (χ3v) is 3.05. The first kappa shape index (κ1) is 14.2. The maximum Gasteiger partial charge on any atom is 0.146 e. The van der Waals surface area contributed by atoms with Crippen LogP contribution in [0.3, 0.4) is 0 Å². The number of rotatable bonds is 5. The van der Waals surface area contributed by atoms with Gasteiger partial charge in [-0.1, -0.05) is 23.7 Å². The summed E-state index contributed by atoms with van der Waals surface area (Å²) in [6.45, 7) is 3.05. The molecule has 0 saturated carbocycles. The van der Waals surface area contributed by atoms with Gasteiger partial charge in [-0.25, -0.2) is 4.98 Å². The van der Waals surface area contributed by atoms with Crippen LogP contribution in [0.25, 0.3) is 0 Å². The molecule has 0 atom stereocenters. The highest BCUT2D eigenvalue weighted by Gasteiger charge is 2.06. The summed E-state index contributed by atoms with van der Waals surface area (Å²) in [5, 5.41) is 12.3. The highest BCUT2D eigenvalue weighted by atomic mass is 35.5. The Kier molecular flexibility index (Phi) is 4.80. The van der Waals surface area contributed by atoms with Crippen molar-refractivity contribution in [2.24, 2.45) is 0 Å². The van der Waals surface area contributed by atoms with E-state index in [9.17, 15) is 0 Å². The zero-order chi connectivity index (χ0) is 14.4. The first-order valence-corrected chi connectivity index (χ1v) is 6.56. The van der Waals surface area contributed by atoms with E-state index in [1.807, 2.05) is 37.3 Å². The number of hydrogen-bond donors (Lipinski definition) is 1. The molecule has 0 bridgehead atoms. The predicted octanol–water partition coefficient (Wildman–Crippen LogP) is 3.41. The molecule has 1 aromatic heterocycles. The number of benzene rings is 1. The molecule has 0 fully saturated rings. The maximum atomic E-state index is 8.87. The number of ether oxygens (including phenoxy) is 1. The van der Waals surface area contributed by atoms with E-state index in [-0.39, 0.29) is 0 Å². The minimum atomic E-state index is 0.338. The molecule has 0 aliphatic rings. The number of nitriles is 1. The van der Waals surface area contributed by atoms with Crippen LogP contribution in [-0.4, -0.2) is 18.1 Å². The van der Waals surface area contributed by atoms with Gasteiger partial charge in [0.2, 0.25) is 0 Å². The van der Waals surface area contributed by atoms with Gasteiger partial charge in [0, 0.05) is 6.20 Å². The molecule has 102 valence electrons. The summed E-state index contributed by atoms with van der Waals surface area (Å²) < 4.78 is 5.61. The molecule has 1 N–H and O–H groups in total. The van der Waals surface area contributed by atoms with Crippen LogP contribution in [-0.2, 0) is 0 Å². The first-order chi connectivity index (χ1) is 9.70. The van der Waals surface area contributed by atoms with Gasteiger partial charge >= 0.3 is 0 Å². The SMILES string of the molecule is Cc1cccc(OCCNc2nccc(C#N)c2Cl)c1. The van der Waals surface area contributed by atoms with Gasteiger partial charge in [0.25, 0.3) is 0 Å². The number of aryl methyl sites for hydroxylation is 1. The Balaban J connectivity index is 1.86. The Labute approximate surface area is 123 Å². The average Bonchev–Trinajstić information content (AvgIpc) is 2.45. The monoisotopic (exact) mass is 287 g/mol. The van der Waals surface area contributed by atoms with Crippen LogP contribution in [0.15, 0.2) is 36.5 Å². The standard InChI is InChI=1S/C15H14ClN3O/c1-11-3-2-4-13(9-11)20-8-7-19-15-14(16)12(10-17)5-6-18-15/h2-6,9H,7-8H2,1H3,(H,18,19). The molecule has 0 unspecified atom stereocenters. The van der Waals surface area contributed by atoms with Crippen LogP contribution in [0.4, 0.5) is 5.82 Å². The third kappa shape index (κ3) is 3.62. The van der Waals surface area contributed by atoms with E-state index in [2.05, 4.69) is 10.3 Å². The van der Waals surface area contributed by atoms with E-state index >= 15 is 0 Å². The topological polar surface area (TPSA) is 57.9 Å². The van der Waals surface area contributed by atoms with Crippen molar-refractivity contribution >= 4 is 17.4 Å². The molecule has 0 aliphatic heterocycles. The Morgan fingerprint density at radius 3 is 3.00 bits per heavy atom. The Hall–Kier alpha value is -2.25. The van der Waals surface area contributed by atoms with Crippen molar-refractivity contribution < 1.29 is 4.74 Å². The van der Waals surface area contributed by atoms with Crippen molar-refractivity contribution in [2.75, 3.05) is 18.5 Å². The fourth-order valence-electron chi connectivity index (χ4n) is 1.70. The summed E-state index contributed by atoms with van der Waals surface area (Å²) in [6, 6.07) is 11.4. The van der Waals surface area contributed by atoms with Gasteiger partial charge < -0.3 is 10.1 Å². The molecule has 2 rings (SSSR count). The van der Waals surface area contributed by atoms with Gasteiger partial charge in [-0.3, -0.25) is 0 Å². The van der Waals surface area contributed by atoms with E-state index in [1.165, 1.54) is 0 Å². The lowest BCUT2D eigenvalue weighted by atomic mass is 10.2. The summed E-state index contributed by atoms with van der Waals surface area (Å²) in [5.74, 6) is 1.33. The van der Waals surface area contributed by atoms with Crippen LogP contribution in [0.1, 0.15) is 11.1 Å². The Morgan fingerprint density at radius 2 is 2.25 bits per heavy atom. The number of halogens is 1. The quantitative estimate of drug-likeness (QED) is 0.856. The molecule has 1 heterocycles. The number of nitrogens with one attached hydrogen (secondary N) is 1. The van der Waals surface area contributed by atoms with Gasteiger partial charge in [-0.15, -0.1) is 0 Å². The summed E-state index contributed by atoms with van der Waals surface area (Å²) in [7, 11) is 0. The summed E-state index contributed by atoms with van der Waals surface area (Å²) in [5.41, 5.74) is 1.56. The van der Waals surface area contributed by atoms with E-state index in [0.717, 1.165) is 11.3 Å². The number of hydrogen-bond acceptors (Lipinski definition) is 4. The van der Waals surface area contributed by atoms with E-state index in [0.29, 0.717) is 29.6 Å².